The molecule has 0 saturated carbocycles. The summed E-state index contributed by atoms with van der Waals surface area (Å²) in [5, 5.41) is 17.5. The molecule has 6 N–H and O–H groups in total. The van der Waals surface area contributed by atoms with E-state index in [9.17, 15) is 19.5 Å². The van der Waals surface area contributed by atoms with Crippen molar-refractivity contribution in [3.05, 3.63) is 76.2 Å². The van der Waals surface area contributed by atoms with Crippen LogP contribution < -0.4 is 16.4 Å². The van der Waals surface area contributed by atoms with E-state index in [1.165, 1.54) is 0 Å². The number of thiazole rings is 1. The number of carboxylic acids is 1. The Kier molecular flexibility index (Phi) is 6.95. The van der Waals surface area contributed by atoms with Crippen molar-refractivity contribution in [2.45, 2.75) is 19.4 Å². The SMILES string of the molecule is NCCCc1c(C(=O)O)[nH]c2ccc(C(=O)Nc3nc(C(=O)NCc4ccncc4)cs3)cc12. The van der Waals surface area contributed by atoms with Crippen LogP contribution in [-0.4, -0.2) is 44.4 Å². The first-order chi connectivity index (χ1) is 16.5. The Morgan fingerprint density at radius 3 is 2.65 bits per heavy atom. The number of nitrogens with one attached hydrogen (secondary N) is 3. The molecule has 0 spiro atoms. The first-order valence-electron chi connectivity index (χ1n) is 10.5. The average Bonchev–Trinajstić information content (AvgIpc) is 3.46. The second-order valence-electron chi connectivity index (χ2n) is 7.47. The smallest absolute Gasteiger partial charge is 0.352 e. The van der Waals surface area contributed by atoms with Gasteiger partial charge in [0.2, 0.25) is 0 Å². The Balaban J connectivity index is 1.47. The predicted molar refractivity (Wildman–Crippen MR) is 128 cm³/mol. The maximum atomic E-state index is 12.8. The van der Waals surface area contributed by atoms with Crippen molar-refractivity contribution in [2.75, 3.05) is 11.9 Å². The normalized spacial score (nSPS) is 10.9. The van der Waals surface area contributed by atoms with Crippen molar-refractivity contribution in [2.24, 2.45) is 5.73 Å². The Bertz CT molecular complexity index is 1350. The van der Waals surface area contributed by atoms with E-state index >= 15 is 0 Å². The molecule has 0 aliphatic heterocycles. The highest BCUT2D eigenvalue weighted by Gasteiger charge is 2.19. The quantitative estimate of drug-likeness (QED) is 0.247. The third-order valence-corrected chi connectivity index (χ3v) is 5.93. The number of H-pyrrole nitrogens is 1. The molecule has 0 unspecified atom stereocenters. The molecule has 0 fully saturated rings. The van der Waals surface area contributed by atoms with Gasteiger partial charge >= 0.3 is 5.97 Å². The number of fused-ring (bicyclic) bond motifs is 1. The number of pyridine rings is 1. The molecule has 0 saturated heterocycles. The lowest BCUT2D eigenvalue weighted by Crippen LogP contribution is -2.23. The fraction of sp³-hybridized carbons (Fsp3) is 0.174. The number of nitrogens with two attached hydrogens (primary N) is 1. The Hall–Kier alpha value is -4.09. The lowest BCUT2D eigenvalue weighted by molar-refractivity contribution is 0.0689. The van der Waals surface area contributed by atoms with Gasteiger partial charge in [-0.2, -0.15) is 0 Å². The topological polar surface area (TPSA) is 163 Å². The molecule has 1 aromatic carbocycles. The zero-order valence-corrected chi connectivity index (χ0v) is 18.8. The average molecular weight is 479 g/mol. The van der Waals surface area contributed by atoms with Crippen LogP contribution in [0.2, 0.25) is 0 Å². The molecule has 174 valence electrons. The molecule has 0 aliphatic carbocycles. The fourth-order valence-corrected chi connectivity index (χ4v) is 4.17. The van der Waals surface area contributed by atoms with Crippen LogP contribution in [0.4, 0.5) is 5.13 Å². The van der Waals surface area contributed by atoms with Gasteiger partial charge < -0.3 is 21.1 Å². The van der Waals surface area contributed by atoms with Gasteiger partial charge in [0.1, 0.15) is 11.4 Å². The van der Waals surface area contributed by atoms with E-state index in [0.29, 0.717) is 48.0 Å². The summed E-state index contributed by atoms with van der Waals surface area (Å²) in [6.07, 6.45) is 4.39. The van der Waals surface area contributed by atoms with E-state index in [2.05, 4.69) is 25.6 Å². The number of nitrogens with zero attached hydrogens (tertiary/aromatic N) is 2. The molecule has 2 amide bonds. The second kappa shape index (κ2) is 10.2. The maximum absolute atomic E-state index is 12.8. The van der Waals surface area contributed by atoms with Crippen LogP contribution in [0.25, 0.3) is 10.9 Å². The van der Waals surface area contributed by atoms with Crippen molar-refractivity contribution >= 4 is 45.2 Å². The molecule has 10 nitrogen and oxygen atoms in total. The fourth-order valence-electron chi connectivity index (χ4n) is 3.49. The maximum Gasteiger partial charge on any atom is 0.352 e. The summed E-state index contributed by atoms with van der Waals surface area (Å²) in [5.74, 6) is -1.83. The van der Waals surface area contributed by atoms with Crippen molar-refractivity contribution in [1.29, 1.82) is 0 Å². The lowest BCUT2D eigenvalue weighted by Gasteiger charge is -2.04. The third kappa shape index (κ3) is 5.11. The number of amides is 2. The molecule has 3 aromatic heterocycles. The van der Waals surface area contributed by atoms with Crippen LogP contribution in [0.3, 0.4) is 0 Å². The van der Waals surface area contributed by atoms with Gasteiger partial charge in [-0.25, -0.2) is 9.78 Å². The number of aromatic amines is 1. The number of aryl methyl sites for hydroxylation is 1. The van der Waals surface area contributed by atoms with E-state index in [0.717, 1.165) is 16.9 Å². The first kappa shape index (κ1) is 23.1. The number of rotatable bonds is 9. The number of aromatic nitrogens is 3. The van der Waals surface area contributed by atoms with Crippen molar-refractivity contribution in [1.82, 2.24) is 20.3 Å². The summed E-state index contributed by atoms with van der Waals surface area (Å²) < 4.78 is 0. The highest BCUT2D eigenvalue weighted by atomic mass is 32.1. The van der Waals surface area contributed by atoms with Crippen LogP contribution in [0.1, 0.15) is 48.9 Å². The van der Waals surface area contributed by atoms with Gasteiger partial charge in [-0.15, -0.1) is 11.3 Å². The van der Waals surface area contributed by atoms with Crippen molar-refractivity contribution < 1.29 is 19.5 Å². The zero-order chi connectivity index (χ0) is 24.1. The highest BCUT2D eigenvalue weighted by molar-refractivity contribution is 7.14. The minimum absolute atomic E-state index is 0.100. The number of anilines is 1. The lowest BCUT2D eigenvalue weighted by atomic mass is 10.0. The summed E-state index contributed by atoms with van der Waals surface area (Å²) >= 11 is 1.14. The number of carboxylic acid groups (broad SMARTS) is 1. The van der Waals surface area contributed by atoms with E-state index < -0.39 is 11.9 Å². The molecule has 0 bridgehead atoms. The van der Waals surface area contributed by atoms with Gasteiger partial charge in [-0.05, 0) is 60.8 Å². The monoisotopic (exact) mass is 478 g/mol. The minimum atomic E-state index is -1.06. The number of carbonyl (C=O) groups excluding carboxylic acids is 2. The van der Waals surface area contributed by atoms with Gasteiger partial charge in [0.25, 0.3) is 11.8 Å². The summed E-state index contributed by atoms with van der Waals surface area (Å²) in [5.41, 5.74) is 8.39. The Labute approximate surface area is 198 Å². The molecular formula is C23H22N6O4S. The van der Waals surface area contributed by atoms with Crippen LogP contribution in [0.15, 0.2) is 48.1 Å². The number of aromatic carboxylic acids is 1. The molecule has 0 radical (unpaired) electrons. The molecular weight excluding hydrogens is 456 g/mol. The van der Waals surface area contributed by atoms with E-state index in [4.69, 9.17) is 5.73 Å². The van der Waals surface area contributed by atoms with E-state index in [1.807, 2.05) is 0 Å². The Morgan fingerprint density at radius 1 is 1.12 bits per heavy atom. The summed E-state index contributed by atoms with van der Waals surface area (Å²) in [7, 11) is 0. The van der Waals surface area contributed by atoms with Gasteiger partial charge in [-0.1, -0.05) is 0 Å². The number of hydrogen-bond acceptors (Lipinski definition) is 7. The molecule has 4 aromatic rings. The van der Waals surface area contributed by atoms with Crippen LogP contribution in [0, 0.1) is 0 Å². The second-order valence-corrected chi connectivity index (χ2v) is 8.32. The summed E-state index contributed by atoms with van der Waals surface area (Å²) in [4.78, 5) is 47.8. The third-order valence-electron chi connectivity index (χ3n) is 5.17. The molecule has 0 atom stereocenters. The van der Waals surface area contributed by atoms with Crippen molar-refractivity contribution in [3.8, 4) is 0 Å². The molecule has 4 rings (SSSR count). The standard InChI is InChI=1S/C23H22N6O4S/c24-7-1-2-15-16-10-14(3-4-17(16)27-19(15)22(32)33)20(30)29-23-28-18(12-34-23)21(31)26-11-13-5-8-25-9-6-13/h3-6,8-10,12,27H,1-2,7,11,24H2,(H,26,31)(H,32,33)(H,28,29,30). The highest BCUT2D eigenvalue weighted by Crippen LogP contribution is 2.26. The summed E-state index contributed by atoms with van der Waals surface area (Å²) in [6, 6.07) is 8.52. The van der Waals surface area contributed by atoms with E-state index in [1.54, 1.807) is 48.1 Å². The minimum Gasteiger partial charge on any atom is -0.477 e. The molecule has 34 heavy (non-hydrogen) atoms. The molecule has 0 aliphatic rings. The molecule has 11 heteroatoms. The number of carbonyl (C=O) groups is 3. The van der Waals surface area contributed by atoms with Gasteiger partial charge in [0.15, 0.2) is 5.13 Å². The van der Waals surface area contributed by atoms with Crippen LogP contribution >= 0.6 is 11.3 Å². The molecule has 3 heterocycles. The number of benzene rings is 1. The van der Waals surface area contributed by atoms with Gasteiger partial charge in [0.05, 0.1) is 0 Å². The van der Waals surface area contributed by atoms with Crippen LogP contribution in [-0.2, 0) is 13.0 Å². The van der Waals surface area contributed by atoms with Gasteiger partial charge in [-0.3, -0.25) is 19.9 Å². The largest absolute Gasteiger partial charge is 0.477 e. The Morgan fingerprint density at radius 2 is 1.91 bits per heavy atom. The number of hydrogen-bond donors (Lipinski definition) is 5. The van der Waals surface area contributed by atoms with Gasteiger partial charge in [0, 0.05) is 40.8 Å². The zero-order valence-electron chi connectivity index (χ0n) is 18.0. The predicted octanol–water partition coefficient (Wildman–Crippen LogP) is 2.79. The van der Waals surface area contributed by atoms with E-state index in [-0.39, 0.29) is 22.4 Å². The van der Waals surface area contributed by atoms with Crippen molar-refractivity contribution in [3.63, 3.8) is 0 Å². The first-order valence-corrected chi connectivity index (χ1v) is 11.4. The summed E-state index contributed by atoms with van der Waals surface area (Å²) in [6.45, 7) is 0.760. The van der Waals surface area contributed by atoms with Crippen LogP contribution in [0.5, 0.6) is 0 Å².